The summed E-state index contributed by atoms with van der Waals surface area (Å²) in [5, 5.41) is 3.30. The van der Waals surface area contributed by atoms with Crippen LogP contribution in [0.5, 0.6) is 0 Å². The third-order valence-electron chi connectivity index (χ3n) is 3.61. The van der Waals surface area contributed by atoms with Crippen molar-refractivity contribution in [2.75, 3.05) is 17.6 Å². The maximum atomic E-state index is 13.5. The lowest BCUT2D eigenvalue weighted by Gasteiger charge is -2.25. The molecule has 2 rings (SSSR count). The largest absolute Gasteiger partial charge is 0.397 e. The van der Waals surface area contributed by atoms with Crippen molar-refractivity contribution in [3.63, 3.8) is 0 Å². The fourth-order valence-electron chi connectivity index (χ4n) is 2.43. The second-order valence-electron chi connectivity index (χ2n) is 5.22. The van der Waals surface area contributed by atoms with Crippen LogP contribution in [0.15, 0.2) is 12.1 Å². The van der Waals surface area contributed by atoms with Gasteiger partial charge in [-0.15, -0.1) is 0 Å². The van der Waals surface area contributed by atoms with Crippen molar-refractivity contribution in [3.8, 4) is 0 Å². The first-order chi connectivity index (χ1) is 8.00. The predicted molar refractivity (Wildman–Crippen MR) is 78.6 cm³/mol. The SMILES string of the molecule is CC1(CNc2cc(F)c(I)cc2N)CCCC1. The average Bonchev–Trinajstić information content (AvgIpc) is 2.69. The molecule has 4 heteroatoms. The number of hydrogen-bond acceptors (Lipinski definition) is 2. The van der Waals surface area contributed by atoms with Crippen LogP contribution >= 0.6 is 22.6 Å². The van der Waals surface area contributed by atoms with E-state index >= 15 is 0 Å². The van der Waals surface area contributed by atoms with Gasteiger partial charge in [0, 0.05) is 12.6 Å². The van der Waals surface area contributed by atoms with Crippen LogP contribution in [0, 0.1) is 14.8 Å². The third-order valence-corrected chi connectivity index (χ3v) is 4.44. The molecule has 1 aromatic rings. The molecule has 0 amide bonds. The predicted octanol–water partition coefficient (Wildman–Crippen LogP) is 4.00. The van der Waals surface area contributed by atoms with Gasteiger partial charge in [-0.3, -0.25) is 0 Å². The van der Waals surface area contributed by atoms with Crippen molar-refractivity contribution in [2.45, 2.75) is 32.6 Å². The van der Waals surface area contributed by atoms with Crippen molar-refractivity contribution in [1.82, 2.24) is 0 Å². The molecule has 0 saturated heterocycles. The minimum absolute atomic E-state index is 0.209. The van der Waals surface area contributed by atoms with Crippen molar-refractivity contribution >= 4 is 34.0 Å². The standard InChI is InChI=1S/C13H18FIN2/c1-13(4-2-3-5-13)8-17-12-6-9(14)10(15)7-11(12)16/h6-7,17H,2-5,8,16H2,1H3. The van der Waals surface area contributed by atoms with E-state index in [1.807, 2.05) is 22.6 Å². The van der Waals surface area contributed by atoms with E-state index < -0.39 is 0 Å². The molecule has 0 radical (unpaired) electrons. The number of nitrogens with one attached hydrogen (secondary N) is 1. The summed E-state index contributed by atoms with van der Waals surface area (Å²) in [5.74, 6) is -0.209. The molecule has 1 aliphatic carbocycles. The minimum Gasteiger partial charge on any atom is -0.397 e. The zero-order chi connectivity index (χ0) is 12.5. The Morgan fingerprint density at radius 3 is 2.71 bits per heavy atom. The number of rotatable bonds is 3. The van der Waals surface area contributed by atoms with Crippen LogP contribution in [0.1, 0.15) is 32.6 Å². The Labute approximate surface area is 115 Å². The molecule has 0 atom stereocenters. The van der Waals surface area contributed by atoms with Crippen LogP contribution < -0.4 is 11.1 Å². The van der Waals surface area contributed by atoms with Gasteiger partial charge >= 0.3 is 0 Å². The molecule has 17 heavy (non-hydrogen) atoms. The molecule has 94 valence electrons. The normalized spacial score (nSPS) is 18.3. The fraction of sp³-hybridized carbons (Fsp3) is 0.538. The first-order valence-corrected chi connectivity index (χ1v) is 7.06. The molecular weight excluding hydrogens is 330 g/mol. The maximum absolute atomic E-state index is 13.5. The first kappa shape index (κ1) is 12.9. The topological polar surface area (TPSA) is 38.0 Å². The van der Waals surface area contributed by atoms with Gasteiger partial charge in [-0.1, -0.05) is 19.8 Å². The number of hydrogen-bond donors (Lipinski definition) is 2. The van der Waals surface area contributed by atoms with Gasteiger partial charge in [0.05, 0.1) is 14.9 Å². The van der Waals surface area contributed by atoms with E-state index in [9.17, 15) is 4.39 Å². The van der Waals surface area contributed by atoms with Crippen LogP contribution in [0.2, 0.25) is 0 Å². The van der Waals surface area contributed by atoms with Crippen LogP contribution in [0.25, 0.3) is 0 Å². The summed E-state index contributed by atoms with van der Waals surface area (Å²) in [6.45, 7) is 3.16. The van der Waals surface area contributed by atoms with Gasteiger partial charge in [0.15, 0.2) is 0 Å². The third kappa shape index (κ3) is 3.03. The summed E-state index contributed by atoms with van der Waals surface area (Å²) >= 11 is 1.95. The second-order valence-corrected chi connectivity index (χ2v) is 6.39. The number of halogens is 2. The Bertz CT molecular complexity index is 414. The van der Waals surface area contributed by atoms with Gasteiger partial charge in [0.25, 0.3) is 0 Å². The Morgan fingerprint density at radius 1 is 1.41 bits per heavy atom. The molecule has 0 unspecified atom stereocenters. The van der Waals surface area contributed by atoms with E-state index in [0.29, 0.717) is 14.7 Å². The van der Waals surface area contributed by atoms with Crippen molar-refractivity contribution in [3.05, 3.63) is 21.5 Å². The molecule has 3 N–H and O–H groups in total. The summed E-state index contributed by atoms with van der Waals surface area (Å²) < 4.78 is 14.0. The highest BCUT2D eigenvalue weighted by Crippen LogP contribution is 2.38. The monoisotopic (exact) mass is 348 g/mol. The number of nitrogens with two attached hydrogens (primary N) is 1. The van der Waals surface area contributed by atoms with E-state index in [-0.39, 0.29) is 5.82 Å². The molecule has 0 heterocycles. The summed E-state index contributed by atoms with van der Waals surface area (Å²) in [5.41, 5.74) is 7.56. The van der Waals surface area contributed by atoms with Gasteiger partial charge in [-0.05, 0) is 46.9 Å². The van der Waals surface area contributed by atoms with Gasteiger partial charge < -0.3 is 11.1 Å². The maximum Gasteiger partial charge on any atom is 0.138 e. The summed E-state index contributed by atoms with van der Waals surface area (Å²) in [6.07, 6.45) is 5.09. The number of nitrogen functional groups attached to an aromatic ring is 1. The van der Waals surface area contributed by atoms with Crippen LogP contribution in [-0.4, -0.2) is 6.54 Å². The Hall–Kier alpha value is -0.520. The molecular formula is C13H18FIN2. The average molecular weight is 348 g/mol. The van der Waals surface area contributed by atoms with Crippen molar-refractivity contribution in [1.29, 1.82) is 0 Å². The molecule has 0 bridgehead atoms. The molecule has 0 spiro atoms. The molecule has 1 saturated carbocycles. The highest BCUT2D eigenvalue weighted by atomic mass is 127. The molecule has 2 nitrogen and oxygen atoms in total. The van der Waals surface area contributed by atoms with E-state index in [1.165, 1.54) is 31.7 Å². The minimum atomic E-state index is -0.209. The Kier molecular flexibility index (Phi) is 3.80. The Balaban J connectivity index is 2.06. The van der Waals surface area contributed by atoms with E-state index in [0.717, 1.165) is 12.2 Å². The quantitative estimate of drug-likeness (QED) is 0.640. The van der Waals surface area contributed by atoms with Crippen LogP contribution in [0.4, 0.5) is 15.8 Å². The zero-order valence-corrected chi connectivity index (χ0v) is 12.2. The summed E-state index contributed by atoms with van der Waals surface area (Å²) in [6, 6.07) is 3.17. The highest BCUT2D eigenvalue weighted by molar-refractivity contribution is 14.1. The van der Waals surface area contributed by atoms with Gasteiger partial charge in [-0.2, -0.15) is 0 Å². The molecule has 0 aromatic heterocycles. The van der Waals surface area contributed by atoms with Gasteiger partial charge in [0.2, 0.25) is 0 Å². The highest BCUT2D eigenvalue weighted by Gasteiger charge is 2.28. The zero-order valence-electron chi connectivity index (χ0n) is 10.0. The smallest absolute Gasteiger partial charge is 0.138 e. The second kappa shape index (κ2) is 5.00. The van der Waals surface area contributed by atoms with Crippen LogP contribution in [0.3, 0.4) is 0 Å². The lowest BCUT2D eigenvalue weighted by molar-refractivity contribution is 0.362. The lowest BCUT2D eigenvalue weighted by atomic mass is 9.89. The summed E-state index contributed by atoms with van der Waals surface area (Å²) in [7, 11) is 0. The molecule has 1 fully saturated rings. The van der Waals surface area contributed by atoms with E-state index in [2.05, 4.69) is 12.2 Å². The number of anilines is 2. The Morgan fingerprint density at radius 2 is 2.06 bits per heavy atom. The number of benzene rings is 1. The van der Waals surface area contributed by atoms with Gasteiger partial charge in [-0.25, -0.2) is 4.39 Å². The van der Waals surface area contributed by atoms with Crippen molar-refractivity contribution < 1.29 is 4.39 Å². The molecule has 1 aliphatic rings. The fourth-order valence-corrected chi connectivity index (χ4v) is 2.92. The van der Waals surface area contributed by atoms with Crippen LogP contribution in [-0.2, 0) is 0 Å². The molecule has 1 aromatic carbocycles. The van der Waals surface area contributed by atoms with Gasteiger partial charge in [0.1, 0.15) is 5.82 Å². The van der Waals surface area contributed by atoms with E-state index in [1.54, 1.807) is 6.07 Å². The summed E-state index contributed by atoms with van der Waals surface area (Å²) in [4.78, 5) is 0. The molecule has 0 aliphatic heterocycles. The van der Waals surface area contributed by atoms with Crippen molar-refractivity contribution in [2.24, 2.45) is 5.41 Å². The first-order valence-electron chi connectivity index (χ1n) is 5.99. The van der Waals surface area contributed by atoms with E-state index in [4.69, 9.17) is 5.73 Å². The lowest BCUT2D eigenvalue weighted by Crippen LogP contribution is -2.23.